The molecule has 0 spiro atoms. The van der Waals surface area contributed by atoms with Crippen molar-refractivity contribution < 1.29 is 9.47 Å². The molecule has 2 aromatic heterocycles. The van der Waals surface area contributed by atoms with E-state index in [1.54, 1.807) is 38.2 Å². The number of methoxy groups -OCH3 is 2. The van der Waals surface area contributed by atoms with Gasteiger partial charge in [0, 0.05) is 44.3 Å². The molecule has 0 radical (unpaired) electrons. The van der Waals surface area contributed by atoms with E-state index in [-0.39, 0.29) is 5.56 Å². The van der Waals surface area contributed by atoms with Gasteiger partial charge in [0.2, 0.25) is 0 Å². The molecule has 0 saturated heterocycles. The Balaban J connectivity index is 2.17. The molecule has 0 unspecified atom stereocenters. The van der Waals surface area contributed by atoms with Crippen molar-refractivity contribution in [3.63, 3.8) is 0 Å². The Morgan fingerprint density at radius 2 is 1.79 bits per heavy atom. The second kappa shape index (κ2) is 8.66. The molecule has 29 heavy (non-hydrogen) atoms. The highest BCUT2D eigenvalue weighted by Gasteiger charge is 2.18. The van der Waals surface area contributed by atoms with Gasteiger partial charge in [0.25, 0.3) is 5.56 Å². The van der Waals surface area contributed by atoms with E-state index in [1.807, 2.05) is 24.4 Å². The van der Waals surface area contributed by atoms with Gasteiger partial charge in [-0.2, -0.15) is 0 Å². The fourth-order valence-electron chi connectivity index (χ4n) is 3.79. The van der Waals surface area contributed by atoms with Crippen LogP contribution in [0.15, 0.2) is 41.6 Å². The largest absolute Gasteiger partial charge is 0.496 e. The molecular weight excluding hydrogens is 366 g/mol. The Bertz CT molecular complexity index is 1050. The average molecular weight is 396 g/mol. The summed E-state index contributed by atoms with van der Waals surface area (Å²) in [6.45, 7) is 6.11. The molecular formula is C23H29N3O3. The van der Waals surface area contributed by atoms with Gasteiger partial charge in [0.05, 0.1) is 25.2 Å². The molecule has 1 aromatic carbocycles. The van der Waals surface area contributed by atoms with Crippen LogP contribution in [0, 0.1) is 5.92 Å². The predicted octanol–water partition coefficient (Wildman–Crippen LogP) is 3.71. The van der Waals surface area contributed by atoms with Crippen LogP contribution in [0.3, 0.4) is 0 Å². The number of ether oxygens (including phenoxy) is 2. The summed E-state index contributed by atoms with van der Waals surface area (Å²) in [7, 11) is 7.20. The maximum absolute atomic E-state index is 12.5. The van der Waals surface area contributed by atoms with Gasteiger partial charge >= 0.3 is 0 Å². The Morgan fingerprint density at radius 3 is 2.38 bits per heavy atom. The third-order valence-electron chi connectivity index (χ3n) is 5.01. The van der Waals surface area contributed by atoms with Crippen LogP contribution < -0.4 is 15.0 Å². The van der Waals surface area contributed by atoms with E-state index < -0.39 is 0 Å². The van der Waals surface area contributed by atoms with Crippen LogP contribution >= 0.6 is 0 Å². The molecule has 0 saturated carbocycles. The summed E-state index contributed by atoms with van der Waals surface area (Å²) in [4.78, 5) is 18.9. The van der Waals surface area contributed by atoms with Crippen molar-refractivity contribution in [3.05, 3.63) is 52.7 Å². The number of hydrogen-bond acceptors (Lipinski definition) is 5. The van der Waals surface area contributed by atoms with Crippen LogP contribution in [0.25, 0.3) is 21.9 Å². The Kier molecular flexibility index (Phi) is 6.23. The zero-order valence-corrected chi connectivity index (χ0v) is 18.0. The van der Waals surface area contributed by atoms with Crippen LogP contribution in [0.4, 0.5) is 0 Å². The van der Waals surface area contributed by atoms with Crippen LogP contribution in [-0.2, 0) is 13.6 Å². The monoisotopic (exact) mass is 395 g/mol. The lowest BCUT2D eigenvalue weighted by Crippen LogP contribution is -2.23. The summed E-state index contributed by atoms with van der Waals surface area (Å²) in [5.74, 6) is 2.11. The van der Waals surface area contributed by atoms with Crippen LogP contribution in [0.1, 0.15) is 19.4 Å². The van der Waals surface area contributed by atoms with Crippen molar-refractivity contribution >= 4 is 10.8 Å². The molecule has 0 aliphatic carbocycles. The second-order valence-electron chi connectivity index (χ2n) is 7.83. The molecule has 6 heteroatoms. The van der Waals surface area contributed by atoms with Gasteiger partial charge in [-0.3, -0.25) is 9.78 Å². The maximum Gasteiger partial charge on any atom is 0.259 e. The molecule has 0 aliphatic heterocycles. The highest BCUT2D eigenvalue weighted by atomic mass is 16.5. The van der Waals surface area contributed by atoms with E-state index in [4.69, 9.17) is 9.47 Å². The molecule has 0 N–H and O–H groups in total. The third kappa shape index (κ3) is 4.27. The molecule has 3 aromatic rings. The summed E-state index contributed by atoms with van der Waals surface area (Å²) in [5.41, 5.74) is 2.81. The SMILES string of the molecule is COc1cc(-c2cn(C)c(=O)c3cnccc23)cc(OC)c1CN(C)CC(C)C. The minimum Gasteiger partial charge on any atom is -0.496 e. The topological polar surface area (TPSA) is 56.6 Å². The van der Waals surface area contributed by atoms with Gasteiger partial charge in [0.1, 0.15) is 11.5 Å². The molecule has 6 nitrogen and oxygen atoms in total. The number of hydrogen-bond donors (Lipinski definition) is 0. The van der Waals surface area contributed by atoms with Crippen LogP contribution in [-0.4, -0.2) is 42.3 Å². The molecule has 0 bridgehead atoms. The standard InChI is InChI=1S/C23H29N3O3/c1-15(2)12-25(3)13-20-21(28-5)9-16(10-22(20)29-6)19-14-26(4)23(27)18-11-24-8-7-17(18)19/h7-11,14-15H,12-13H2,1-6H3. The molecule has 3 rings (SSSR count). The van der Waals surface area contributed by atoms with Crippen molar-refractivity contribution in [3.8, 4) is 22.6 Å². The van der Waals surface area contributed by atoms with E-state index in [9.17, 15) is 4.79 Å². The first kappa shape index (κ1) is 20.9. The smallest absolute Gasteiger partial charge is 0.259 e. The number of aryl methyl sites for hydroxylation is 1. The Labute approximate surface area is 171 Å². The Hall–Kier alpha value is -2.86. The number of nitrogens with zero attached hydrogens (tertiary/aromatic N) is 3. The van der Waals surface area contributed by atoms with Gasteiger partial charge in [-0.05, 0) is 42.1 Å². The molecule has 0 amide bonds. The molecule has 0 atom stereocenters. The number of pyridine rings is 2. The van der Waals surface area contributed by atoms with Crippen molar-refractivity contribution in [1.82, 2.24) is 14.5 Å². The van der Waals surface area contributed by atoms with Gasteiger partial charge in [0.15, 0.2) is 0 Å². The van der Waals surface area contributed by atoms with Crippen molar-refractivity contribution in [1.29, 1.82) is 0 Å². The zero-order valence-electron chi connectivity index (χ0n) is 18.0. The third-order valence-corrected chi connectivity index (χ3v) is 5.01. The average Bonchev–Trinajstić information content (AvgIpc) is 2.70. The normalized spacial score (nSPS) is 11.4. The number of aromatic nitrogens is 2. The summed E-state index contributed by atoms with van der Waals surface area (Å²) in [5, 5.41) is 1.45. The van der Waals surface area contributed by atoms with Crippen LogP contribution in [0.2, 0.25) is 0 Å². The summed E-state index contributed by atoms with van der Waals surface area (Å²) < 4.78 is 13.1. The first-order chi connectivity index (χ1) is 13.8. The van der Waals surface area contributed by atoms with E-state index in [1.165, 1.54) is 0 Å². The summed E-state index contributed by atoms with van der Waals surface area (Å²) in [6.07, 6.45) is 5.17. The van der Waals surface area contributed by atoms with E-state index >= 15 is 0 Å². The van der Waals surface area contributed by atoms with Gasteiger partial charge in [-0.25, -0.2) is 0 Å². The van der Waals surface area contributed by atoms with Gasteiger partial charge in [-0.1, -0.05) is 13.8 Å². The predicted molar refractivity (Wildman–Crippen MR) is 117 cm³/mol. The molecule has 2 heterocycles. The maximum atomic E-state index is 12.5. The minimum absolute atomic E-state index is 0.0669. The lowest BCUT2D eigenvalue weighted by atomic mass is 9.99. The van der Waals surface area contributed by atoms with Gasteiger partial charge < -0.3 is 18.9 Å². The molecule has 0 aliphatic rings. The quantitative estimate of drug-likeness (QED) is 0.610. The van der Waals surface area contributed by atoms with E-state index in [2.05, 4.69) is 30.8 Å². The van der Waals surface area contributed by atoms with E-state index in [0.717, 1.165) is 46.7 Å². The fraction of sp³-hybridized carbons (Fsp3) is 0.391. The highest BCUT2D eigenvalue weighted by Crippen LogP contribution is 2.37. The second-order valence-corrected chi connectivity index (χ2v) is 7.83. The molecule has 154 valence electrons. The number of rotatable bonds is 7. The Morgan fingerprint density at radius 1 is 1.14 bits per heavy atom. The molecule has 0 fully saturated rings. The van der Waals surface area contributed by atoms with Gasteiger partial charge in [-0.15, -0.1) is 0 Å². The first-order valence-electron chi connectivity index (χ1n) is 9.72. The lowest BCUT2D eigenvalue weighted by molar-refractivity contribution is 0.276. The summed E-state index contributed by atoms with van der Waals surface area (Å²) in [6, 6.07) is 5.90. The first-order valence-corrected chi connectivity index (χ1v) is 9.72. The lowest BCUT2D eigenvalue weighted by Gasteiger charge is -2.23. The summed E-state index contributed by atoms with van der Waals surface area (Å²) >= 11 is 0. The van der Waals surface area contributed by atoms with Crippen molar-refractivity contribution in [2.45, 2.75) is 20.4 Å². The van der Waals surface area contributed by atoms with Crippen molar-refractivity contribution in [2.75, 3.05) is 27.8 Å². The van der Waals surface area contributed by atoms with Crippen molar-refractivity contribution in [2.24, 2.45) is 13.0 Å². The highest BCUT2D eigenvalue weighted by molar-refractivity contribution is 5.95. The zero-order chi connectivity index (χ0) is 21.1. The fourth-order valence-corrected chi connectivity index (χ4v) is 3.79. The van der Waals surface area contributed by atoms with E-state index in [0.29, 0.717) is 11.3 Å². The number of benzene rings is 1. The number of fused-ring (bicyclic) bond motifs is 1. The van der Waals surface area contributed by atoms with Crippen LogP contribution in [0.5, 0.6) is 11.5 Å². The minimum atomic E-state index is -0.0669.